The molecule has 2 aromatic carbocycles. The summed E-state index contributed by atoms with van der Waals surface area (Å²) in [7, 11) is 0. The van der Waals surface area contributed by atoms with E-state index in [1.807, 2.05) is 24.3 Å². The lowest BCUT2D eigenvalue weighted by Crippen LogP contribution is -2.13. The van der Waals surface area contributed by atoms with Gasteiger partial charge in [-0.2, -0.15) is 0 Å². The first kappa shape index (κ1) is 16.8. The van der Waals surface area contributed by atoms with Crippen molar-refractivity contribution in [3.05, 3.63) is 69.3 Å². The maximum Gasteiger partial charge on any atom is 0.270 e. The number of rotatable bonds is 4. The molecule has 132 valence electrons. The number of para-hydroxylation sites is 1. The highest BCUT2D eigenvalue weighted by atomic mass is 32.2. The number of nitrogens with zero attached hydrogens (tertiary/aromatic N) is 2. The Morgan fingerprint density at radius 1 is 1.27 bits per heavy atom. The van der Waals surface area contributed by atoms with Crippen LogP contribution in [-0.4, -0.2) is 16.7 Å². The van der Waals surface area contributed by atoms with Crippen molar-refractivity contribution in [1.29, 1.82) is 0 Å². The second kappa shape index (κ2) is 6.93. The summed E-state index contributed by atoms with van der Waals surface area (Å²) in [6.07, 6.45) is 0. The average Bonchev–Trinajstić information content (AvgIpc) is 2.66. The Labute approximate surface area is 154 Å². The first-order valence-corrected chi connectivity index (χ1v) is 9.10. The summed E-state index contributed by atoms with van der Waals surface area (Å²) < 4.78 is 10.8. The normalized spacial score (nSPS) is 13.3. The van der Waals surface area contributed by atoms with Gasteiger partial charge in [0.05, 0.1) is 22.1 Å². The standard InChI is InChI=1S/C19H16N2O4S/c1-12-6-18(20-17-5-3-2-4-16(12)17)26-10-14-8-15(21(22)23)7-13-9-24-11-25-19(13)14/h2-8H,9-11H2,1H3. The third-order valence-electron chi connectivity index (χ3n) is 4.26. The molecule has 0 bridgehead atoms. The van der Waals surface area contributed by atoms with Crippen LogP contribution in [0.4, 0.5) is 5.69 Å². The molecule has 0 atom stereocenters. The van der Waals surface area contributed by atoms with Crippen LogP contribution in [-0.2, 0) is 17.1 Å². The van der Waals surface area contributed by atoms with Crippen molar-refractivity contribution in [3.8, 4) is 5.75 Å². The number of aryl methyl sites for hydroxylation is 1. The predicted molar refractivity (Wildman–Crippen MR) is 99.4 cm³/mol. The highest BCUT2D eigenvalue weighted by Gasteiger charge is 2.21. The number of hydrogen-bond acceptors (Lipinski definition) is 6. The van der Waals surface area contributed by atoms with Crippen LogP contribution in [0.5, 0.6) is 5.75 Å². The zero-order valence-electron chi connectivity index (χ0n) is 14.1. The van der Waals surface area contributed by atoms with E-state index in [0.717, 1.165) is 27.1 Å². The Morgan fingerprint density at radius 3 is 2.96 bits per heavy atom. The minimum absolute atomic E-state index is 0.0519. The third kappa shape index (κ3) is 3.23. The van der Waals surface area contributed by atoms with Crippen molar-refractivity contribution in [2.45, 2.75) is 24.3 Å². The fourth-order valence-electron chi connectivity index (χ4n) is 3.04. The SMILES string of the molecule is Cc1cc(SCc2cc([N+](=O)[O-])cc3c2OCOC3)nc2ccccc12. The van der Waals surface area contributed by atoms with Gasteiger partial charge in [0.1, 0.15) is 5.75 Å². The zero-order valence-corrected chi connectivity index (χ0v) is 14.9. The molecule has 26 heavy (non-hydrogen) atoms. The number of aromatic nitrogens is 1. The summed E-state index contributed by atoms with van der Waals surface area (Å²) in [5.41, 5.74) is 3.65. The lowest BCUT2D eigenvalue weighted by atomic mass is 10.1. The fraction of sp³-hybridized carbons (Fsp3) is 0.211. The van der Waals surface area contributed by atoms with Gasteiger partial charge in [-0.05, 0) is 24.6 Å². The van der Waals surface area contributed by atoms with Crippen molar-refractivity contribution in [1.82, 2.24) is 4.98 Å². The average molecular weight is 368 g/mol. The van der Waals surface area contributed by atoms with E-state index in [-0.39, 0.29) is 17.4 Å². The summed E-state index contributed by atoms with van der Waals surface area (Å²) >= 11 is 1.54. The van der Waals surface area contributed by atoms with Gasteiger partial charge >= 0.3 is 0 Å². The van der Waals surface area contributed by atoms with E-state index in [0.29, 0.717) is 23.7 Å². The van der Waals surface area contributed by atoms with Crippen molar-refractivity contribution in [3.63, 3.8) is 0 Å². The molecule has 1 aromatic heterocycles. The van der Waals surface area contributed by atoms with E-state index in [2.05, 4.69) is 18.0 Å². The van der Waals surface area contributed by atoms with Crippen LogP contribution in [0.3, 0.4) is 0 Å². The van der Waals surface area contributed by atoms with Crippen LogP contribution >= 0.6 is 11.8 Å². The van der Waals surface area contributed by atoms with Gasteiger partial charge in [0.2, 0.25) is 0 Å². The van der Waals surface area contributed by atoms with Crippen LogP contribution in [0.15, 0.2) is 47.5 Å². The molecule has 0 saturated heterocycles. The summed E-state index contributed by atoms with van der Waals surface area (Å²) in [6.45, 7) is 2.54. The van der Waals surface area contributed by atoms with E-state index in [9.17, 15) is 10.1 Å². The molecule has 0 N–H and O–H groups in total. The van der Waals surface area contributed by atoms with Crippen LogP contribution in [0, 0.1) is 17.0 Å². The van der Waals surface area contributed by atoms with Crippen LogP contribution < -0.4 is 4.74 Å². The van der Waals surface area contributed by atoms with Gasteiger partial charge in [0.15, 0.2) is 6.79 Å². The predicted octanol–water partition coefficient (Wildman–Crippen LogP) is 4.61. The highest BCUT2D eigenvalue weighted by molar-refractivity contribution is 7.98. The van der Waals surface area contributed by atoms with Gasteiger partial charge in [-0.25, -0.2) is 4.98 Å². The summed E-state index contributed by atoms with van der Waals surface area (Å²) in [5, 5.41) is 13.2. The lowest BCUT2D eigenvalue weighted by Gasteiger charge is -2.20. The number of benzene rings is 2. The number of nitro groups is 1. The monoisotopic (exact) mass is 368 g/mol. The Kier molecular flexibility index (Phi) is 4.48. The molecule has 1 aliphatic heterocycles. The topological polar surface area (TPSA) is 74.5 Å². The molecule has 0 fully saturated rings. The zero-order chi connectivity index (χ0) is 18.1. The molecule has 0 radical (unpaired) electrons. The summed E-state index contributed by atoms with van der Waals surface area (Å²) in [6, 6.07) is 13.1. The number of thioether (sulfide) groups is 1. The minimum Gasteiger partial charge on any atom is -0.467 e. The van der Waals surface area contributed by atoms with Gasteiger partial charge in [-0.3, -0.25) is 10.1 Å². The number of ether oxygens (including phenoxy) is 2. The third-order valence-corrected chi connectivity index (χ3v) is 5.22. The molecule has 1 aliphatic rings. The molecule has 4 rings (SSSR count). The minimum atomic E-state index is -0.387. The van der Waals surface area contributed by atoms with Crippen molar-refractivity contribution >= 4 is 28.4 Å². The van der Waals surface area contributed by atoms with Gasteiger partial charge in [-0.1, -0.05) is 18.2 Å². The van der Waals surface area contributed by atoms with Gasteiger partial charge in [0.25, 0.3) is 5.69 Å². The smallest absolute Gasteiger partial charge is 0.270 e. The number of fused-ring (bicyclic) bond motifs is 2. The second-order valence-corrected chi connectivity index (χ2v) is 7.04. The number of hydrogen-bond donors (Lipinski definition) is 0. The van der Waals surface area contributed by atoms with Gasteiger partial charge in [-0.15, -0.1) is 11.8 Å². The quantitative estimate of drug-likeness (QED) is 0.380. The van der Waals surface area contributed by atoms with Crippen LogP contribution in [0.1, 0.15) is 16.7 Å². The Bertz CT molecular complexity index is 1010. The molecule has 7 heteroatoms. The van der Waals surface area contributed by atoms with Crippen molar-refractivity contribution in [2.75, 3.05) is 6.79 Å². The number of nitro benzene ring substituents is 1. The van der Waals surface area contributed by atoms with Crippen molar-refractivity contribution < 1.29 is 14.4 Å². The molecule has 0 aliphatic carbocycles. The highest BCUT2D eigenvalue weighted by Crippen LogP contribution is 2.36. The molecule has 0 spiro atoms. The van der Waals surface area contributed by atoms with E-state index in [1.165, 1.54) is 6.07 Å². The van der Waals surface area contributed by atoms with Crippen molar-refractivity contribution in [2.24, 2.45) is 0 Å². The maximum absolute atomic E-state index is 11.2. The number of non-ortho nitro benzene ring substituents is 1. The maximum atomic E-state index is 11.2. The Balaban J connectivity index is 1.65. The van der Waals surface area contributed by atoms with Crippen LogP contribution in [0.2, 0.25) is 0 Å². The Hall–Kier alpha value is -2.64. The summed E-state index contributed by atoms with van der Waals surface area (Å²) in [4.78, 5) is 15.5. The Morgan fingerprint density at radius 2 is 2.12 bits per heavy atom. The molecular weight excluding hydrogens is 352 g/mol. The molecule has 6 nitrogen and oxygen atoms in total. The second-order valence-electron chi connectivity index (χ2n) is 6.04. The molecule has 2 heterocycles. The lowest BCUT2D eigenvalue weighted by molar-refractivity contribution is -0.385. The molecule has 0 unspecified atom stereocenters. The molecular formula is C19H16N2O4S. The van der Waals surface area contributed by atoms with E-state index < -0.39 is 0 Å². The molecule has 0 amide bonds. The van der Waals surface area contributed by atoms with E-state index in [1.54, 1.807) is 17.8 Å². The first-order chi connectivity index (χ1) is 12.6. The molecule has 3 aromatic rings. The van der Waals surface area contributed by atoms with Crippen LogP contribution in [0.25, 0.3) is 10.9 Å². The number of pyridine rings is 1. The first-order valence-electron chi connectivity index (χ1n) is 8.12. The van der Waals surface area contributed by atoms with Gasteiger partial charge < -0.3 is 9.47 Å². The van der Waals surface area contributed by atoms with E-state index >= 15 is 0 Å². The van der Waals surface area contributed by atoms with Gasteiger partial charge in [0, 0.05) is 34.4 Å². The summed E-state index contributed by atoms with van der Waals surface area (Å²) in [5.74, 6) is 1.22. The largest absolute Gasteiger partial charge is 0.467 e. The van der Waals surface area contributed by atoms with E-state index in [4.69, 9.17) is 9.47 Å². The fourth-order valence-corrected chi connectivity index (χ4v) is 3.98. The molecule has 0 saturated carbocycles.